The molecule has 1 atom stereocenters. The Labute approximate surface area is 266 Å². The van der Waals surface area contributed by atoms with Gasteiger partial charge in [-0.3, -0.25) is 14.2 Å². The number of carbonyl (C=O) groups excluding carboxylic acids is 2. The van der Waals surface area contributed by atoms with Crippen molar-refractivity contribution in [2.24, 2.45) is 16.8 Å². The highest BCUT2D eigenvalue weighted by molar-refractivity contribution is 7.07. The molecule has 2 heterocycles. The zero-order chi connectivity index (χ0) is 32.8. The number of carbonyl (C=O) groups is 2. The van der Waals surface area contributed by atoms with Gasteiger partial charge >= 0.3 is 11.9 Å². The highest BCUT2D eigenvalue weighted by atomic mass is 32.1. The minimum atomic E-state index is -0.866. The first kappa shape index (κ1) is 33.5. The number of hydrogen-bond acceptors (Lipinski definition) is 10. The van der Waals surface area contributed by atoms with Gasteiger partial charge in [0.1, 0.15) is 0 Å². The van der Waals surface area contributed by atoms with E-state index in [4.69, 9.17) is 23.7 Å². The first-order valence-corrected chi connectivity index (χ1v) is 15.6. The molecule has 0 fully saturated rings. The van der Waals surface area contributed by atoms with Gasteiger partial charge in [0.25, 0.3) is 5.56 Å². The number of hydrogen-bond donors (Lipinski definition) is 0. The monoisotopic (exact) mass is 636 g/mol. The van der Waals surface area contributed by atoms with Gasteiger partial charge in [-0.2, -0.15) is 0 Å². The fourth-order valence-corrected chi connectivity index (χ4v) is 5.81. The molecule has 4 rings (SSSR count). The maximum Gasteiger partial charge on any atom is 0.338 e. The van der Waals surface area contributed by atoms with E-state index in [1.165, 1.54) is 29.9 Å². The highest BCUT2D eigenvalue weighted by Crippen LogP contribution is 2.36. The Hall–Kier alpha value is -4.38. The van der Waals surface area contributed by atoms with Crippen molar-refractivity contribution in [3.63, 3.8) is 0 Å². The van der Waals surface area contributed by atoms with Gasteiger partial charge < -0.3 is 23.7 Å². The summed E-state index contributed by atoms with van der Waals surface area (Å²) in [4.78, 5) is 44.3. The zero-order valence-corrected chi connectivity index (χ0v) is 27.8. The third-order valence-electron chi connectivity index (χ3n) is 6.98. The summed E-state index contributed by atoms with van der Waals surface area (Å²) in [5.74, 6) is 1.24. The highest BCUT2D eigenvalue weighted by Gasteiger charge is 2.34. The fourth-order valence-electron chi connectivity index (χ4n) is 4.76. The normalized spacial score (nSPS) is 14.7. The van der Waals surface area contributed by atoms with Crippen LogP contribution in [0.5, 0.6) is 23.0 Å². The van der Waals surface area contributed by atoms with Gasteiger partial charge in [-0.25, -0.2) is 9.79 Å². The van der Waals surface area contributed by atoms with Crippen LogP contribution in [0.4, 0.5) is 0 Å². The van der Waals surface area contributed by atoms with Crippen LogP contribution in [0.15, 0.2) is 57.5 Å². The number of esters is 2. The second kappa shape index (κ2) is 14.6. The molecule has 0 saturated heterocycles. The maximum absolute atomic E-state index is 14.1. The van der Waals surface area contributed by atoms with Crippen LogP contribution in [-0.4, -0.2) is 43.9 Å². The standard InChI is InChI=1S/C34H40N2O8S/c1-19(2)13-14-42-25-11-9-23(15-27(25)40-7)16-29-32(38)36-31(24-10-12-26(44-22(6)37)28(17-24)41-8)30(21(5)35-34(36)45-29)33(39)43-18-20(3)4/h9-12,15-17,19-20,31H,13-14,18H2,1-8H3/b29-16+/t31-/m0/s1. The predicted octanol–water partition coefficient (Wildman–Crippen LogP) is 4.80. The molecule has 0 saturated carbocycles. The number of methoxy groups -OCH3 is 2. The number of nitrogens with zero attached hydrogens (tertiary/aromatic N) is 2. The number of aromatic nitrogens is 1. The average Bonchev–Trinajstić information content (AvgIpc) is 3.29. The van der Waals surface area contributed by atoms with E-state index >= 15 is 0 Å². The van der Waals surface area contributed by atoms with Gasteiger partial charge in [-0.15, -0.1) is 0 Å². The van der Waals surface area contributed by atoms with Crippen LogP contribution in [0, 0.1) is 11.8 Å². The lowest BCUT2D eigenvalue weighted by atomic mass is 9.95. The molecule has 11 heteroatoms. The van der Waals surface area contributed by atoms with Crippen molar-refractivity contribution in [1.29, 1.82) is 0 Å². The summed E-state index contributed by atoms with van der Waals surface area (Å²) in [6, 6.07) is 9.57. The minimum absolute atomic E-state index is 0.113. The van der Waals surface area contributed by atoms with E-state index in [1.807, 2.05) is 32.0 Å². The van der Waals surface area contributed by atoms with E-state index in [-0.39, 0.29) is 35.2 Å². The minimum Gasteiger partial charge on any atom is -0.493 e. The van der Waals surface area contributed by atoms with Crippen LogP contribution in [0.3, 0.4) is 0 Å². The van der Waals surface area contributed by atoms with Crippen LogP contribution in [0.2, 0.25) is 0 Å². The average molecular weight is 637 g/mol. The van der Waals surface area contributed by atoms with Gasteiger partial charge in [-0.05, 0) is 66.6 Å². The maximum atomic E-state index is 14.1. The quantitative estimate of drug-likeness (QED) is 0.206. The summed E-state index contributed by atoms with van der Waals surface area (Å²) in [5.41, 5.74) is 1.65. The fraction of sp³-hybridized carbons (Fsp3) is 0.412. The van der Waals surface area contributed by atoms with Crippen molar-refractivity contribution in [1.82, 2.24) is 4.57 Å². The summed E-state index contributed by atoms with van der Waals surface area (Å²) in [6.45, 7) is 12.0. The lowest BCUT2D eigenvalue weighted by molar-refractivity contribution is -0.140. The summed E-state index contributed by atoms with van der Waals surface area (Å²) >= 11 is 1.22. The largest absolute Gasteiger partial charge is 0.493 e. The Kier molecular flexibility index (Phi) is 10.9. The molecule has 0 unspecified atom stereocenters. The lowest BCUT2D eigenvalue weighted by Gasteiger charge is -2.25. The number of ether oxygens (including phenoxy) is 5. The van der Waals surface area contributed by atoms with Gasteiger partial charge in [0.2, 0.25) is 0 Å². The van der Waals surface area contributed by atoms with Crippen molar-refractivity contribution in [2.45, 2.75) is 54.0 Å². The molecular formula is C34H40N2O8S. The second-order valence-corrected chi connectivity index (χ2v) is 12.5. The first-order valence-electron chi connectivity index (χ1n) is 14.8. The summed E-state index contributed by atoms with van der Waals surface area (Å²) in [6.07, 6.45) is 2.68. The van der Waals surface area contributed by atoms with Crippen molar-refractivity contribution < 1.29 is 33.3 Å². The molecule has 0 radical (unpaired) electrons. The number of allylic oxidation sites excluding steroid dienone is 1. The molecule has 2 aromatic carbocycles. The lowest BCUT2D eigenvalue weighted by Crippen LogP contribution is -2.40. The Balaban J connectivity index is 1.84. The van der Waals surface area contributed by atoms with E-state index in [1.54, 1.807) is 38.3 Å². The smallest absolute Gasteiger partial charge is 0.338 e. The zero-order valence-electron chi connectivity index (χ0n) is 27.0. The Bertz CT molecular complexity index is 1780. The van der Waals surface area contributed by atoms with Crippen molar-refractivity contribution in [2.75, 3.05) is 27.4 Å². The molecule has 0 amide bonds. The molecule has 240 valence electrons. The van der Waals surface area contributed by atoms with Crippen molar-refractivity contribution in [3.05, 3.63) is 78.5 Å². The SMILES string of the molecule is COc1cc(/C=c2/sc3n(c2=O)[C@@H](c2ccc(OC(C)=O)c(OC)c2)C(C(=O)OCC(C)C)=C(C)N=3)ccc1OCCC(C)C. The molecule has 45 heavy (non-hydrogen) atoms. The molecule has 1 aromatic heterocycles. The number of rotatable bonds is 12. The van der Waals surface area contributed by atoms with Crippen LogP contribution < -0.4 is 33.8 Å². The van der Waals surface area contributed by atoms with E-state index in [9.17, 15) is 14.4 Å². The Morgan fingerprint density at radius 2 is 1.67 bits per heavy atom. The Morgan fingerprint density at radius 3 is 2.31 bits per heavy atom. The molecule has 0 bridgehead atoms. The number of benzene rings is 2. The molecule has 3 aromatic rings. The van der Waals surface area contributed by atoms with Crippen molar-refractivity contribution >= 4 is 29.4 Å². The number of thiazole rings is 1. The predicted molar refractivity (Wildman–Crippen MR) is 172 cm³/mol. The van der Waals surface area contributed by atoms with Gasteiger partial charge in [0.15, 0.2) is 27.8 Å². The molecule has 0 spiro atoms. The summed E-state index contributed by atoms with van der Waals surface area (Å²) in [5, 5.41) is 0. The van der Waals surface area contributed by atoms with E-state index in [0.29, 0.717) is 44.6 Å². The van der Waals surface area contributed by atoms with Crippen LogP contribution in [0.1, 0.15) is 65.1 Å². The van der Waals surface area contributed by atoms with Gasteiger partial charge in [0, 0.05) is 6.92 Å². The second-order valence-electron chi connectivity index (χ2n) is 11.5. The van der Waals surface area contributed by atoms with E-state index < -0.39 is 18.0 Å². The molecule has 10 nitrogen and oxygen atoms in total. The van der Waals surface area contributed by atoms with Gasteiger partial charge in [-0.1, -0.05) is 51.2 Å². The van der Waals surface area contributed by atoms with Crippen LogP contribution in [-0.2, 0) is 14.3 Å². The van der Waals surface area contributed by atoms with E-state index in [2.05, 4.69) is 18.8 Å². The van der Waals surface area contributed by atoms with Crippen LogP contribution >= 0.6 is 11.3 Å². The molecule has 1 aliphatic rings. The third-order valence-corrected chi connectivity index (χ3v) is 7.97. The topological polar surface area (TPSA) is 115 Å². The molecule has 0 aliphatic carbocycles. The molecule has 1 aliphatic heterocycles. The van der Waals surface area contributed by atoms with Gasteiger partial charge in [0.05, 0.1) is 49.3 Å². The van der Waals surface area contributed by atoms with Crippen LogP contribution in [0.25, 0.3) is 6.08 Å². The first-order chi connectivity index (χ1) is 21.4. The summed E-state index contributed by atoms with van der Waals surface area (Å²) in [7, 11) is 3.03. The van der Waals surface area contributed by atoms with Crippen molar-refractivity contribution in [3.8, 4) is 23.0 Å². The number of fused-ring (bicyclic) bond motifs is 1. The summed E-state index contributed by atoms with van der Waals surface area (Å²) < 4.78 is 29.8. The van der Waals surface area contributed by atoms with E-state index in [0.717, 1.165) is 12.0 Å². The third kappa shape index (κ3) is 7.83. The molecular weight excluding hydrogens is 596 g/mol. The molecule has 0 N–H and O–H groups in total. The Morgan fingerprint density at radius 1 is 0.978 bits per heavy atom.